The second-order valence-electron chi connectivity index (χ2n) is 1.55. The van der Waals surface area contributed by atoms with E-state index in [9.17, 15) is 4.39 Å². The lowest BCUT2D eigenvalue weighted by Crippen LogP contribution is -1.83. The van der Waals surface area contributed by atoms with Gasteiger partial charge in [0.2, 0.25) is 0 Å². The van der Waals surface area contributed by atoms with Crippen LogP contribution in [0.3, 0.4) is 0 Å². The summed E-state index contributed by atoms with van der Waals surface area (Å²) in [6.45, 7) is 1.52. The van der Waals surface area contributed by atoms with Crippen LogP contribution < -0.4 is 0 Å². The van der Waals surface area contributed by atoms with Crippen molar-refractivity contribution in [2.24, 2.45) is 0 Å². The first-order chi connectivity index (χ1) is 5.04. The predicted octanol–water partition coefficient (Wildman–Crippen LogP) is 2.29. The molecule has 1 rings (SSSR count). The minimum absolute atomic E-state index is 0.142. The fourth-order valence-electron chi connectivity index (χ4n) is 0.484. The van der Waals surface area contributed by atoms with Gasteiger partial charge >= 0.3 is 0 Å². The predicted molar refractivity (Wildman–Crippen MR) is 36.6 cm³/mol. The Bertz CT molecular complexity index is 277. The van der Waals surface area contributed by atoms with Crippen molar-refractivity contribution in [3.8, 4) is 0 Å². The summed E-state index contributed by atoms with van der Waals surface area (Å²) >= 11 is 2.91. The molecule has 1 aromatic heterocycles. The molecule has 0 spiro atoms. The van der Waals surface area contributed by atoms with Crippen LogP contribution in [0.4, 0.5) is 4.39 Å². The number of aromatic nitrogens is 1. The molecule has 48 valence electrons. The summed E-state index contributed by atoms with van der Waals surface area (Å²) in [5.41, 5.74) is 0.283. The van der Waals surface area contributed by atoms with E-state index in [1.165, 1.54) is 6.92 Å². The van der Waals surface area contributed by atoms with E-state index in [-0.39, 0.29) is 22.4 Å². The Morgan fingerprint density at radius 1 is 1.78 bits per heavy atom. The standard InChI is InChI=1S/C6H5BrFN/c1-4-2-5(8)3-6(7)9-4/h2-3H,1H3/i2D,3D. The van der Waals surface area contributed by atoms with Crippen LogP contribution in [0.1, 0.15) is 8.44 Å². The first-order valence-corrected chi connectivity index (χ1v) is 3.12. The van der Waals surface area contributed by atoms with Crippen molar-refractivity contribution in [3.05, 3.63) is 28.2 Å². The summed E-state index contributed by atoms with van der Waals surface area (Å²) in [6.07, 6.45) is 0. The van der Waals surface area contributed by atoms with Gasteiger partial charge in [0.25, 0.3) is 0 Å². The minimum atomic E-state index is -0.829. The fraction of sp³-hybridized carbons (Fsp3) is 0.167. The monoisotopic (exact) mass is 191 g/mol. The number of halogens is 2. The number of pyridine rings is 1. The Hall–Kier alpha value is -0.440. The van der Waals surface area contributed by atoms with Crippen molar-refractivity contribution in [2.75, 3.05) is 0 Å². The SMILES string of the molecule is [2H]c1c(C)nc(Br)c([2H])c1F. The molecule has 0 saturated heterocycles. The lowest BCUT2D eigenvalue weighted by Gasteiger charge is -1.92. The Labute approximate surface area is 63.9 Å². The summed E-state index contributed by atoms with van der Waals surface area (Å²) in [6, 6.07) is -0.668. The van der Waals surface area contributed by atoms with E-state index < -0.39 is 5.82 Å². The molecule has 1 aromatic rings. The summed E-state index contributed by atoms with van der Waals surface area (Å²) < 4.78 is 27.1. The van der Waals surface area contributed by atoms with Gasteiger partial charge in [-0.1, -0.05) is 0 Å². The van der Waals surface area contributed by atoms with Gasteiger partial charge in [-0.15, -0.1) is 0 Å². The van der Waals surface area contributed by atoms with Crippen LogP contribution in [0.5, 0.6) is 0 Å². The van der Waals surface area contributed by atoms with Gasteiger partial charge in [0, 0.05) is 11.7 Å². The Balaban J connectivity index is 3.46. The van der Waals surface area contributed by atoms with Crippen LogP contribution in [0, 0.1) is 12.7 Å². The van der Waals surface area contributed by atoms with E-state index in [0.717, 1.165) is 0 Å². The van der Waals surface area contributed by atoms with Gasteiger partial charge < -0.3 is 0 Å². The van der Waals surface area contributed by atoms with Crippen LogP contribution in [0.2, 0.25) is 0 Å². The van der Waals surface area contributed by atoms with Gasteiger partial charge in [-0.3, -0.25) is 0 Å². The van der Waals surface area contributed by atoms with Crippen LogP contribution in [0.15, 0.2) is 16.7 Å². The average molecular weight is 192 g/mol. The number of hydrogen-bond acceptors (Lipinski definition) is 1. The summed E-state index contributed by atoms with van der Waals surface area (Å²) in [4.78, 5) is 3.74. The Morgan fingerprint density at radius 3 is 3.11 bits per heavy atom. The highest BCUT2D eigenvalue weighted by Crippen LogP contribution is 2.08. The maximum atomic E-state index is 12.8. The maximum Gasteiger partial charge on any atom is 0.127 e. The number of rotatable bonds is 0. The van der Waals surface area contributed by atoms with E-state index >= 15 is 0 Å². The van der Waals surface area contributed by atoms with E-state index in [2.05, 4.69) is 20.9 Å². The summed E-state index contributed by atoms with van der Waals surface area (Å²) in [5, 5.41) is 0. The summed E-state index contributed by atoms with van der Waals surface area (Å²) in [7, 11) is 0. The zero-order chi connectivity index (χ0) is 8.59. The normalized spacial score (nSPS) is 12.8. The number of nitrogens with zero attached hydrogens (tertiary/aromatic N) is 1. The van der Waals surface area contributed by atoms with Crippen LogP contribution in [0.25, 0.3) is 0 Å². The molecule has 0 aliphatic heterocycles. The van der Waals surface area contributed by atoms with E-state index in [4.69, 9.17) is 2.74 Å². The molecule has 1 heterocycles. The van der Waals surface area contributed by atoms with E-state index in [0.29, 0.717) is 0 Å². The highest BCUT2D eigenvalue weighted by molar-refractivity contribution is 9.10. The number of hydrogen-bond donors (Lipinski definition) is 0. The first-order valence-electron chi connectivity index (χ1n) is 3.33. The molecule has 0 unspecified atom stereocenters. The number of aryl methyl sites for hydroxylation is 1. The van der Waals surface area contributed by atoms with Crippen molar-refractivity contribution in [3.63, 3.8) is 0 Å². The van der Waals surface area contributed by atoms with Crippen molar-refractivity contribution < 1.29 is 7.13 Å². The average Bonchev–Trinajstić information content (AvgIpc) is 1.97. The summed E-state index contributed by atoms with van der Waals surface area (Å²) in [5.74, 6) is -0.829. The van der Waals surface area contributed by atoms with Crippen molar-refractivity contribution in [2.45, 2.75) is 6.92 Å². The molecule has 0 aromatic carbocycles. The molecule has 0 bridgehead atoms. The van der Waals surface area contributed by atoms with Crippen LogP contribution >= 0.6 is 15.9 Å². The highest BCUT2D eigenvalue weighted by Gasteiger charge is 1.93. The van der Waals surface area contributed by atoms with E-state index in [1.54, 1.807) is 0 Å². The lowest BCUT2D eigenvalue weighted by atomic mass is 10.4. The maximum absolute atomic E-state index is 12.8. The molecule has 1 nitrogen and oxygen atoms in total. The van der Waals surface area contributed by atoms with Crippen molar-refractivity contribution in [1.82, 2.24) is 4.98 Å². The molecule has 0 aliphatic rings. The zero-order valence-corrected chi connectivity index (χ0v) is 6.29. The Morgan fingerprint density at radius 2 is 2.44 bits per heavy atom. The quantitative estimate of drug-likeness (QED) is 0.574. The van der Waals surface area contributed by atoms with Gasteiger partial charge in [0.15, 0.2) is 0 Å². The van der Waals surface area contributed by atoms with Crippen LogP contribution in [-0.2, 0) is 0 Å². The van der Waals surface area contributed by atoms with E-state index in [1.807, 2.05) is 0 Å². The fourth-order valence-corrected chi connectivity index (χ4v) is 0.924. The molecular weight excluding hydrogens is 185 g/mol. The topological polar surface area (TPSA) is 12.9 Å². The van der Waals surface area contributed by atoms with Gasteiger partial charge in [0.1, 0.15) is 10.4 Å². The lowest BCUT2D eigenvalue weighted by molar-refractivity contribution is 0.622. The molecule has 3 heteroatoms. The molecule has 0 radical (unpaired) electrons. The second kappa shape index (κ2) is 2.43. The largest absolute Gasteiger partial charge is 0.246 e. The molecule has 0 fully saturated rings. The molecule has 0 atom stereocenters. The van der Waals surface area contributed by atoms with Crippen LogP contribution in [-0.4, -0.2) is 4.98 Å². The van der Waals surface area contributed by atoms with Gasteiger partial charge in [-0.05, 0) is 28.9 Å². The van der Waals surface area contributed by atoms with Gasteiger partial charge in [-0.25, -0.2) is 9.37 Å². The molecule has 0 N–H and O–H groups in total. The smallest absolute Gasteiger partial charge is 0.127 e. The minimum Gasteiger partial charge on any atom is -0.246 e. The van der Waals surface area contributed by atoms with Crippen molar-refractivity contribution in [1.29, 1.82) is 0 Å². The van der Waals surface area contributed by atoms with Crippen molar-refractivity contribution >= 4 is 15.9 Å². The Kier molecular flexibility index (Phi) is 1.19. The molecular formula is C6H5BrFN. The molecule has 9 heavy (non-hydrogen) atoms. The molecule has 0 saturated carbocycles. The zero-order valence-electron chi connectivity index (χ0n) is 6.70. The second-order valence-corrected chi connectivity index (χ2v) is 2.30. The van der Waals surface area contributed by atoms with Gasteiger partial charge in [-0.2, -0.15) is 0 Å². The third-order valence-corrected chi connectivity index (χ3v) is 1.14. The first kappa shape index (κ1) is 4.39. The molecule has 0 aliphatic carbocycles. The highest BCUT2D eigenvalue weighted by atomic mass is 79.9. The molecule has 0 amide bonds. The van der Waals surface area contributed by atoms with Gasteiger partial charge in [0.05, 0.1) is 2.74 Å². The third kappa shape index (κ3) is 1.75. The third-order valence-electron chi connectivity index (χ3n) is 0.769.